The van der Waals surface area contributed by atoms with Gasteiger partial charge in [0.2, 0.25) is 0 Å². The third-order valence-electron chi connectivity index (χ3n) is 4.83. The Balaban J connectivity index is 1.52. The van der Waals surface area contributed by atoms with Crippen molar-refractivity contribution in [1.29, 1.82) is 0 Å². The molecule has 0 aliphatic carbocycles. The molecule has 0 amide bonds. The fourth-order valence-corrected chi connectivity index (χ4v) is 3.46. The summed E-state index contributed by atoms with van der Waals surface area (Å²) >= 11 is 0. The van der Waals surface area contributed by atoms with Crippen molar-refractivity contribution in [2.45, 2.75) is 6.54 Å². The van der Waals surface area contributed by atoms with Crippen LogP contribution >= 0.6 is 0 Å². The lowest BCUT2D eigenvalue weighted by atomic mass is 10.1. The second-order valence-corrected chi connectivity index (χ2v) is 6.76. The van der Waals surface area contributed by atoms with Gasteiger partial charge in [0.1, 0.15) is 29.3 Å². The Morgan fingerprint density at radius 1 is 0.897 bits per heavy atom. The number of fused-ring (bicyclic) bond motifs is 1. The minimum Gasteiger partial charge on any atom is -0.457 e. The van der Waals surface area contributed by atoms with Crippen molar-refractivity contribution in [3.8, 4) is 22.6 Å². The molecule has 6 nitrogen and oxygen atoms in total. The number of ether oxygens (including phenoxy) is 1. The molecule has 0 spiro atoms. The number of nitrogens with two attached hydrogens (primary N) is 1. The summed E-state index contributed by atoms with van der Waals surface area (Å²) in [6.45, 7) is 0.676. The van der Waals surface area contributed by atoms with Crippen molar-refractivity contribution in [3.05, 3.63) is 91.1 Å². The zero-order chi connectivity index (χ0) is 19.6. The Morgan fingerprint density at radius 3 is 2.45 bits per heavy atom. The number of anilines is 1. The third-order valence-corrected chi connectivity index (χ3v) is 4.83. The SMILES string of the molecule is Nc1ncnc2c1c(-c1ccc(Oc3ccccc3)cc1)cn2Cc1ccc[nH]1. The van der Waals surface area contributed by atoms with Gasteiger partial charge in [-0.1, -0.05) is 30.3 Å². The van der Waals surface area contributed by atoms with E-state index in [4.69, 9.17) is 10.5 Å². The van der Waals surface area contributed by atoms with E-state index < -0.39 is 0 Å². The molecule has 0 saturated heterocycles. The average molecular weight is 381 g/mol. The van der Waals surface area contributed by atoms with Gasteiger partial charge in [-0.3, -0.25) is 0 Å². The summed E-state index contributed by atoms with van der Waals surface area (Å²) in [5.41, 5.74) is 10.1. The van der Waals surface area contributed by atoms with Crippen molar-refractivity contribution in [3.63, 3.8) is 0 Å². The van der Waals surface area contributed by atoms with Crippen LogP contribution in [0.15, 0.2) is 85.5 Å². The van der Waals surface area contributed by atoms with E-state index in [-0.39, 0.29) is 0 Å². The number of aromatic amines is 1. The molecule has 3 aromatic heterocycles. The van der Waals surface area contributed by atoms with Crippen LogP contribution in [-0.2, 0) is 6.54 Å². The molecule has 0 fully saturated rings. The molecule has 6 heteroatoms. The van der Waals surface area contributed by atoms with E-state index >= 15 is 0 Å². The Morgan fingerprint density at radius 2 is 1.69 bits per heavy atom. The number of hydrogen-bond donors (Lipinski definition) is 2. The predicted octanol–water partition coefficient (Wildman–Crippen LogP) is 4.85. The molecule has 142 valence electrons. The average Bonchev–Trinajstić information content (AvgIpc) is 3.39. The van der Waals surface area contributed by atoms with E-state index in [0.29, 0.717) is 12.4 Å². The number of H-pyrrole nitrogens is 1. The van der Waals surface area contributed by atoms with Gasteiger partial charge in [0.15, 0.2) is 0 Å². The summed E-state index contributed by atoms with van der Waals surface area (Å²) in [4.78, 5) is 11.9. The fraction of sp³-hybridized carbons (Fsp3) is 0.0435. The van der Waals surface area contributed by atoms with Gasteiger partial charge in [-0.15, -0.1) is 0 Å². The van der Waals surface area contributed by atoms with Crippen LogP contribution < -0.4 is 10.5 Å². The molecule has 0 atom stereocenters. The van der Waals surface area contributed by atoms with E-state index in [2.05, 4.69) is 25.7 Å². The maximum Gasteiger partial charge on any atom is 0.146 e. The molecule has 2 aromatic carbocycles. The van der Waals surface area contributed by atoms with Crippen LogP contribution in [-0.4, -0.2) is 19.5 Å². The van der Waals surface area contributed by atoms with Crippen LogP contribution in [0.4, 0.5) is 5.82 Å². The first kappa shape index (κ1) is 17.1. The Bertz CT molecular complexity index is 1240. The number of nitrogen functional groups attached to an aromatic ring is 1. The first-order valence-corrected chi connectivity index (χ1v) is 9.33. The summed E-state index contributed by atoms with van der Waals surface area (Å²) in [6.07, 6.45) is 5.49. The number of para-hydroxylation sites is 1. The topological polar surface area (TPSA) is 81.8 Å². The van der Waals surface area contributed by atoms with E-state index in [1.165, 1.54) is 6.33 Å². The van der Waals surface area contributed by atoms with Crippen LogP contribution in [0.3, 0.4) is 0 Å². The van der Waals surface area contributed by atoms with Gasteiger partial charge in [0.05, 0.1) is 11.9 Å². The highest BCUT2D eigenvalue weighted by molar-refractivity contribution is 6.00. The first-order chi connectivity index (χ1) is 14.3. The lowest BCUT2D eigenvalue weighted by Crippen LogP contribution is -2.00. The summed E-state index contributed by atoms with van der Waals surface area (Å²) in [6, 6.07) is 21.7. The highest BCUT2D eigenvalue weighted by Gasteiger charge is 2.15. The number of benzene rings is 2. The Kier molecular flexibility index (Phi) is 4.22. The molecule has 5 rings (SSSR count). The molecule has 0 saturated carbocycles. The number of aromatic nitrogens is 4. The molecule has 0 bridgehead atoms. The molecule has 0 unspecified atom stereocenters. The van der Waals surface area contributed by atoms with E-state index in [1.807, 2.05) is 72.9 Å². The molecular weight excluding hydrogens is 362 g/mol. The van der Waals surface area contributed by atoms with Gasteiger partial charge in [0, 0.05) is 23.7 Å². The lowest BCUT2D eigenvalue weighted by molar-refractivity contribution is 0.483. The highest BCUT2D eigenvalue weighted by atomic mass is 16.5. The summed E-state index contributed by atoms with van der Waals surface area (Å²) in [5.74, 6) is 2.06. The summed E-state index contributed by atoms with van der Waals surface area (Å²) in [5, 5.41) is 0.857. The molecule has 0 aliphatic heterocycles. The minimum absolute atomic E-state index is 0.472. The van der Waals surface area contributed by atoms with Gasteiger partial charge in [-0.05, 0) is 42.0 Å². The quantitative estimate of drug-likeness (QED) is 0.456. The second-order valence-electron chi connectivity index (χ2n) is 6.76. The summed E-state index contributed by atoms with van der Waals surface area (Å²) < 4.78 is 7.98. The van der Waals surface area contributed by atoms with Gasteiger partial charge < -0.3 is 20.0 Å². The van der Waals surface area contributed by atoms with Gasteiger partial charge in [-0.2, -0.15) is 0 Å². The zero-order valence-corrected chi connectivity index (χ0v) is 15.6. The Hall–Kier alpha value is -4.06. The molecule has 3 N–H and O–H groups in total. The monoisotopic (exact) mass is 381 g/mol. The molecule has 5 aromatic rings. The van der Waals surface area contributed by atoms with Gasteiger partial charge in [-0.25, -0.2) is 9.97 Å². The maximum atomic E-state index is 6.22. The molecule has 0 aliphatic rings. The third kappa shape index (κ3) is 3.32. The van der Waals surface area contributed by atoms with Crippen LogP contribution in [0.5, 0.6) is 11.5 Å². The second kappa shape index (κ2) is 7.16. The highest BCUT2D eigenvalue weighted by Crippen LogP contribution is 2.34. The van der Waals surface area contributed by atoms with Crippen molar-refractivity contribution in [1.82, 2.24) is 19.5 Å². The van der Waals surface area contributed by atoms with E-state index in [1.54, 1.807) is 0 Å². The van der Waals surface area contributed by atoms with Gasteiger partial charge >= 0.3 is 0 Å². The maximum absolute atomic E-state index is 6.22. The van der Waals surface area contributed by atoms with Crippen molar-refractivity contribution >= 4 is 16.9 Å². The number of hydrogen-bond acceptors (Lipinski definition) is 4. The normalized spacial score (nSPS) is 11.0. The van der Waals surface area contributed by atoms with E-state index in [0.717, 1.165) is 39.4 Å². The zero-order valence-electron chi connectivity index (χ0n) is 15.6. The van der Waals surface area contributed by atoms with Crippen molar-refractivity contribution < 1.29 is 4.74 Å². The van der Waals surface area contributed by atoms with Crippen LogP contribution in [0, 0.1) is 0 Å². The standard InChI is InChI=1S/C23H19N5O/c24-22-21-20(14-28(23(21)27-15-26-22)13-17-5-4-12-25-17)16-8-10-19(11-9-16)29-18-6-2-1-3-7-18/h1-12,14-15,25H,13H2,(H2,24,26,27). The first-order valence-electron chi connectivity index (χ1n) is 9.33. The number of rotatable bonds is 5. The van der Waals surface area contributed by atoms with Crippen LogP contribution in [0.25, 0.3) is 22.2 Å². The van der Waals surface area contributed by atoms with Crippen LogP contribution in [0.2, 0.25) is 0 Å². The van der Waals surface area contributed by atoms with Gasteiger partial charge in [0.25, 0.3) is 0 Å². The van der Waals surface area contributed by atoms with Crippen LogP contribution in [0.1, 0.15) is 5.69 Å². The largest absolute Gasteiger partial charge is 0.457 e. The van der Waals surface area contributed by atoms with Crippen molar-refractivity contribution in [2.24, 2.45) is 0 Å². The minimum atomic E-state index is 0.472. The summed E-state index contributed by atoms with van der Waals surface area (Å²) in [7, 11) is 0. The lowest BCUT2D eigenvalue weighted by Gasteiger charge is -2.06. The number of nitrogens with zero attached hydrogens (tertiary/aromatic N) is 3. The number of nitrogens with one attached hydrogen (secondary N) is 1. The Labute approximate surface area is 167 Å². The molecule has 3 heterocycles. The fourth-order valence-electron chi connectivity index (χ4n) is 3.46. The molecule has 29 heavy (non-hydrogen) atoms. The predicted molar refractivity (Wildman–Crippen MR) is 114 cm³/mol. The van der Waals surface area contributed by atoms with Crippen molar-refractivity contribution in [2.75, 3.05) is 5.73 Å². The molecular formula is C23H19N5O. The molecule has 0 radical (unpaired) electrons. The van der Waals surface area contributed by atoms with E-state index in [9.17, 15) is 0 Å². The smallest absolute Gasteiger partial charge is 0.146 e.